The molecule has 1 amide bonds. The number of fused-ring (bicyclic) bond motifs is 1. The molecule has 0 aliphatic carbocycles. The molecular weight excluding hydrogens is 402 g/mol. The lowest BCUT2D eigenvalue weighted by molar-refractivity contribution is 0.100. The number of alkyl halides is 2. The number of hydrogen-bond acceptors (Lipinski definition) is 5. The van der Waals surface area contributed by atoms with E-state index in [0.717, 1.165) is 16.5 Å². The predicted molar refractivity (Wildman–Crippen MR) is 117 cm³/mol. The van der Waals surface area contributed by atoms with Gasteiger partial charge in [-0.25, -0.2) is 13.8 Å². The Balaban J connectivity index is 1.97. The smallest absolute Gasteiger partial charge is 0.255 e. The number of nitrogens with two attached hydrogens (primary N) is 2. The molecule has 0 saturated carbocycles. The van der Waals surface area contributed by atoms with Crippen molar-refractivity contribution in [1.29, 1.82) is 0 Å². The summed E-state index contributed by atoms with van der Waals surface area (Å²) in [7, 11) is 0. The normalized spacial score (nSPS) is 11.2. The number of pyridine rings is 1. The molecule has 0 unspecified atom stereocenters. The van der Waals surface area contributed by atoms with E-state index in [1.54, 1.807) is 30.5 Å². The Bertz CT molecular complexity index is 1280. The van der Waals surface area contributed by atoms with E-state index in [4.69, 9.17) is 16.5 Å². The number of primary amides is 1. The summed E-state index contributed by atoms with van der Waals surface area (Å²) in [4.78, 5) is 16.9. The van der Waals surface area contributed by atoms with Gasteiger partial charge in [0.1, 0.15) is 0 Å². The van der Waals surface area contributed by atoms with Gasteiger partial charge in [0.2, 0.25) is 0 Å². The molecule has 0 bridgehead atoms. The third-order valence-corrected chi connectivity index (χ3v) is 5.04. The molecule has 0 spiro atoms. The Hall–Kier alpha value is -4.01. The van der Waals surface area contributed by atoms with Crippen molar-refractivity contribution in [2.45, 2.75) is 13.3 Å². The van der Waals surface area contributed by atoms with Gasteiger partial charge in [-0.1, -0.05) is 24.3 Å². The first-order chi connectivity index (χ1) is 14.9. The molecule has 6 N–H and O–H groups in total. The number of nitrogen functional groups attached to an aromatic ring is 1. The fraction of sp³-hybridized carbons (Fsp3) is 0.136. The quantitative estimate of drug-likeness (QED) is 0.375. The highest BCUT2D eigenvalue weighted by atomic mass is 19.3. The molecule has 2 heterocycles. The second kappa shape index (κ2) is 8.02. The van der Waals surface area contributed by atoms with Gasteiger partial charge in [0.15, 0.2) is 0 Å². The highest BCUT2D eigenvalue weighted by Crippen LogP contribution is 2.38. The topological polar surface area (TPSA) is 123 Å². The Labute approximate surface area is 176 Å². The third kappa shape index (κ3) is 3.77. The van der Waals surface area contributed by atoms with Gasteiger partial charge in [0.25, 0.3) is 12.3 Å². The van der Waals surface area contributed by atoms with Gasteiger partial charge in [0, 0.05) is 22.2 Å². The zero-order chi connectivity index (χ0) is 22.1. The monoisotopic (exact) mass is 422 g/mol. The largest absolute Gasteiger partial charge is 0.396 e. The second-order valence-electron chi connectivity index (χ2n) is 7.09. The van der Waals surface area contributed by atoms with Crippen molar-refractivity contribution in [1.82, 2.24) is 15.2 Å². The van der Waals surface area contributed by atoms with E-state index in [2.05, 4.69) is 15.5 Å². The average Bonchev–Trinajstić information content (AvgIpc) is 3.21. The van der Waals surface area contributed by atoms with Crippen molar-refractivity contribution < 1.29 is 13.6 Å². The molecule has 0 saturated heterocycles. The summed E-state index contributed by atoms with van der Waals surface area (Å²) in [5.41, 5.74) is 16.3. The van der Waals surface area contributed by atoms with Crippen molar-refractivity contribution in [3.63, 3.8) is 0 Å². The molecule has 0 radical (unpaired) electrons. The van der Waals surface area contributed by atoms with E-state index in [9.17, 15) is 13.6 Å². The van der Waals surface area contributed by atoms with Crippen LogP contribution in [0.15, 0.2) is 48.7 Å². The Kier molecular flexibility index (Phi) is 5.24. The fourth-order valence-corrected chi connectivity index (χ4v) is 3.58. The number of para-hydroxylation sites is 1. The number of aromatic nitrogens is 3. The van der Waals surface area contributed by atoms with Gasteiger partial charge in [-0.2, -0.15) is 5.10 Å². The van der Waals surface area contributed by atoms with Gasteiger partial charge < -0.3 is 16.8 Å². The summed E-state index contributed by atoms with van der Waals surface area (Å²) in [6.45, 7) is 1.38. The SMILES string of the molecule is Cc1ccc2[nH]ncc2c1-c1nc(-c2ccccc2NCC(F)F)cc(C(N)=O)c1N. The minimum absolute atomic E-state index is 0.101. The number of halogens is 2. The summed E-state index contributed by atoms with van der Waals surface area (Å²) < 4.78 is 25.5. The van der Waals surface area contributed by atoms with Crippen LogP contribution in [-0.2, 0) is 0 Å². The molecule has 31 heavy (non-hydrogen) atoms. The maximum absolute atomic E-state index is 12.8. The first kappa shape index (κ1) is 20.3. The minimum Gasteiger partial charge on any atom is -0.396 e. The second-order valence-corrected chi connectivity index (χ2v) is 7.09. The van der Waals surface area contributed by atoms with E-state index >= 15 is 0 Å². The number of aromatic amines is 1. The average molecular weight is 422 g/mol. The molecule has 0 atom stereocenters. The standard InChI is InChI=1S/C22H20F2N6O/c1-11-6-7-16-14(9-28-30-16)19(11)21-20(25)13(22(26)31)8-17(29-21)12-4-2-3-5-15(12)27-10-18(23)24/h2-9,18,27H,10,25H2,1H3,(H2,26,31)(H,28,30). The highest BCUT2D eigenvalue weighted by molar-refractivity contribution is 6.06. The lowest BCUT2D eigenvalue weighted by Crippen LogP contribution is -2.16. The van der Waals surface area contributed by atoms with Gasteiger partial charge in [-0.05, 0) is 30.7 Å². The number of aryl methyl sites for hydroxylation is 1. The van der Waals surface area contributed by atoms with Crippen LogP contribution < -0.4 is 16.8 Å². The number of hydrogen-bond donors (Lipinski definition) is 4. The van der Waals surface area contributed by atoms with Gasteiger partial charge >= 0.3 is 0 Å². The molecule has 4 aromatic rings. The number of nitrogens with one attached hydrogen (secondary N) is 2. The number of carbonyl (C=O) groups excluding carboxylic acids is 1. The maximum atomic E-state index is 12.8. The van der Waals surface area contributed by atoms with Crippen molar-refractivity contribution in [3.05, 3.63) is 59.8 Å². The number of anilines is 2. The number of carbonyl (C=O) groups is 1. The third-order valence-electron chi connectivity index (χ3n) is 5.04. The number of H-pyrrole nitrogens is 1. The summed E-state index contributed by atoms with van der Waals surface area (Å²) in [6.07, 6.45) is -0.862. The van der Waals surface area contributed by atoms with Crippen molar-refractivity contribution in [3.8, 4) is 22.5 Å². The molecule has 4 rings (SSSR count). The van der Waals surface area contributed by atoms with Crippen LogP contribution in [0.3, 0.4) is 0 Å². The van der Waals surface area contributed by atoms with Crippen LogP contribution in [0, 0.1) is 6.92 Å². The zero-order valence-corrected chi connectivity index (χ0v) is 16.6. The first-order valence-electron chi connectivity index (χ1n) is 9.51. The van der Waals surface area contributed by atoms with E-state index in [-0.39, 0.29) is 11.3 Å². The van der Waals surface area contributed by atoms with E-state index in [1.165, 1.54) is 6.07 Å². The van der Waals surface area contributed by atoms with Crippen LogP contribution in [-0.4, -0.2) is 34.1 Å². The fourth-order valence-electron chi connectivity index (χ4n) is 3.58. The Morgan fingerprint density at radius 2 is 2.00 bits per heavy atom. The minimum atomic E-state index is -2.52. The molecule has 158 valence electrons. The summed E-state index contributed by atoms with van der Waals surface area (Å²) in [6, 6.07) is 12.1. The van der Waals surface area contributed by atoms with Gasteiger partial charge in [-0.15, -0.1) is 0 Å². The van der Waals surface area contributed by atoms with E-state index in [0.29, 0.717) is 28.2 Å². The molecule has 2 aromatic heterocycles. The van der Waals surface area contributed by atoms with Crippen molar-refractivity contribution >= 4 is 28.2 Å². The predicted octanol–water partition coefficient (Wildman–Crippen LogP) is 3.96. The van der Waals surface area contributed by atoms with Crippen LogP contribution in [0.1, 0.15) is 15.9 Å². The van der Waals surface area contributed by atoms with Gasteiger partial charge in [-0.3, -0.25) is 9.89 Å². The van der Waals surface area contributed by atoms with Crippen LogP contribution >= 0.6 is 0 Å². The van der Waals surface area contributed by atoms with Crippen molar-refractivity contribution in [2.75, 3.05) is 17.6 Å². The van der Waals surface area contributed by atoms with E-state index < -0.39 is 18.9 Å². The molecule has 2 aromatic carbocycles. The van der Waals surface area contributed by atoms with Crippen LogP contribution in [0.25, 0.3) is 33.4 Å². The Morgan fingerprint density at radius 1 is 1.23 bits per heavy atom. The molecule has 0 fully saturated rings. The van der Waals surface area contributed by atoms with Crippen LogP contribution in [0.5, 0.6) is 0 Å². The number of nitrogens with zero attached hydrogens (tertiary/aromatic N) is 2. The molecular formula is C22H20F2N6O. The molecule has 7 nitrogen and oxygen atoms in total. The lowest BCUT2D eigenvalue weighted by Gasteiger charge is -2.16. The molecule has 9 heteroatoms. The lowest BCUT2D eigenvalue weighted by atomic mass is 9.96. The highest BCUT2D eigenvalue weighted by Gasteiger charge is 2.21. The summed E-state index contributed by atoms with van der Waals surface area (Å²) >= 11 is 0. The van der Waals surface area contributed by atoms with Crippen LogP contribution in [0.4, 0.5) is 20.2 Å². The molecule has 0 aliphatic rings. The maximum Gasteiger partial charge on any atom is 0.255 e. The molecule has 0 aliphatic heterocycles. The van der Waals surface area contributed by atoms with Crippen LogP contribution in [0.2, 0.25) is 0 Å². The van der Waals surface area contributed by atoms with Crippen molar-refractivity contribution in [2.24, 2.45) is 5.73 Å². The first-order valence-corrected chi connectivity index (χ1v) is 9.51. The Morgan fingerprint density at radius 3 is 2.74 bits per heavy atom. The summed E-state index contributed by atoms with van der Waals surface area (Å²) in [5.74, 6) is -0.711. The number of benzene rings is 2. The van der Waals surface area contributed by atoms with Gasteiger partial charge in [0.05, 0.1) is 40.9 Å². The summed E-state index contributed by atoms with van der Waals surface area (Å²) in [5, 5.41) is 10.5. The number of rotatable bonds is 6. The zero-order valence-electron chi connectivity index (χ0n) is 16.6. The number of amides is 1. The van der Waals surface area contributed by atoms with E-state index in [1.807, 2.05) is 19.1 Å².